The highest BCUT2D eigenvalue weighted by Gasteiger charge is 2.18. The molecule has 8 heteroatoms. The minimum atomic E-state index is -3.59. The van der Waals surface area contributed by atoms with Crippen molar-refractivity contribution in [1.82, 2.24) is 20.1 Å². The molecule has 0 aliphatic heterocycles. The number of rotatable bonds is 7. The van der Waals surface area contributed by atoms with Gasteiger partial charge in [0.1, 0.15) is 4.90 Å². The van der Waals surface area contributed by atoms with Crippen molar-refractivity contribution in [3.8, 4) is 0 Å². The van der Waals surface area contributed by atoms with Crippen LogP contribution in [0.4, 0.5) is 5.69 Å². The molecule has 2 rings (SSSR count). The van der Waals surface area contributed by atoms with E-state index >= 15 is 0 Å². The van der Waals surface area contributed by atoms with Crippen LogP contribution in [0, 0.1) is 6.92 Å². The van der Waals surface area contributed by atoms with Crippen LogP contribution < -0.4 is 10.0 Å². The van der Waals surface area contributed by atoms with E-state index in [1.54, 1.807) is 30.9 Å². The van der Waals surface area contributed by atoms with Gasteiger partial charge in [-0.2, -0.15) is 5.10 Å². The second-order valence-electron chi connectivity index (χ2n) is 4.94. The van der Waals surface area contributed by atoms with Crippen LogP contribution in [0.3, 0.4) is 0 Å². The van der Waals surface area contributed by atoms with E-state index in [0.717, 1.165) is 18.7 Å². The van der Waals surface area contributed by atoms with Crippen molar-refractivity contribution in [2.24, 2.45) is 7.05 Å². The number of nitrogens with zero attached hydrogens (tertiary/aromatic N) is 2. The lowest BCUT2D eigenvalue weighted by molar-refractivity contribution is 0.601. The number of aromatic amines is 1. The number of aromatic nitrogens is 3. The molecule has 7 nitrogen and oxygen atoms in total. The van der Waals surface area contributed by atoms with E-state index in [1.807, 2.05) is 0 Å². The molecule has 21 heavy (non-hydrogen) atoms. The summed E-state index contributed by atoms with van der Waals surface area (Å²) in [6, 6.07) is 1.64. The normalized spacial score (nSPS) is 11.8. The van der Waals surface area contributed by atoms with E-state index < -0.39 is 10.0 Å². The largest absolute Gasteiger partial charge is 0.363 e. The summed E-state index contributed by atoms with van der Waals surface area (Å²) in [5.41, 5.74) is 1.97. The first-order valence-corrected chi connectivity index (χ1v) is 8.31. The minimum Gasteiger partial charge on any atom is -0.363 e. The van der Waals surface area contributed by atoms with Gasteiger partial charge in [0.05, 0.1) is 11.4 Å². The van der Waals surface area contributed by atoms with E-state index in [9.17, 15) is 8.42 Å². The topological polar surface area (TPSA) is 91.8 Å². The lowest BCUT2D eigenvalue weighted by Crippen LogP contribution is -2.14. The fourth-order valence-electron chi connectivity index (χ4n) is 1.98. The quantitative estimate of drug-likeness (QED) is 0.673. The number of hydrogen-bond acceptors (Lipinski definition) is 4. The van der Waals surface area contributed by atoms with E-state index in [1.165, 1.54) is 6.20 Å². The SMILES string of the molecule is CCCNCc1cc(S(=O)(=O)Nc2cn(C)nc2C)c[nH]1. The summed E-state index contributed by atoms with van der Waals surface area (Å²) in [5.74, 6) is 0. The van der Waals surface area contributed by atoms with Crippen LogP contribution in [0.5, 0.6) is 0 Å². The van der Waals surface area contributed by atoms with Crippen LogP contribution in [-0.2, 0) is 23.6 Å². The Hall–Kier alpha value is -1.80. The standard InChI is InChI=1S/C13H21N5O2S/c1-4-5-14-7-11-6-12(8-15-11)21(19,20)17-13-9-18(3)16-10(13)2/h6,8-9,14-15,17H,4-5,7H2,1-3H3. The maximum atomic E-state index is 12.3. The van der Waals surface area contributed by atoms with E-state index in [-0.39, 0.29) is 4.90 Å². The Morgan fingerprint density at radius 3 is 2.81 bits per heavy atom. The zero-order valence-corrected chi connectivity index (χ0v) is 13.3. The molecule has 2 aromatic rings. The molecule has 0 bridgehead atoms. The van der Waals surface area contributed by atoms with Crippen molar-refractivity contribution in [2.75, 3.05) is 11.3 Å². The van der Waals surface area contributed by atoms with Crippen LogP contribution in [0.15, 0.2) is 23.4 Å². The fourth-order valence-corrected chi connectivity index (χ4v) is 3.10. The summed E-state index contributed by atoms with van der Waals surface area (Å²) < 4.78 is 28.8. The molecule has 0 atom stereocenters. The molecule has 0 saturated carbocycles. The Morgan fingerprint density at radius 2 is 2.19 bits per heavy atom. The Morgan fingerprint density at radius 1 is 1.43 bits per heavy atom. The third kappa shape index (κ3) is 3.85. The van der Waals surface area contributed by atoms with Crippen LogP contribution in [-0.4, -0.2) is 29.7 Å². The highest BCUT2D eigenvalue weighted by molar-refractivity contribution is 7.92. The summed E-state index contributed by atoms with van der Waals surface area (Å²) in [5, 5.41) is 7.33. The van der Waals surface area contributed by atoms with Crippen LogP contribution in [0.1, 0.15) is 24.7 Å². The van der Waals surface area contributed by atoms with E-state index in [0.29, 0.717) is 17.9 Å². The highest BCUT2D eigenvalue weighted by atomic mass is 32.2. The minimum absolute atomic E-state index is 0.221. The highest BCUT2D eigenvalue weighted by Crippen LogP contribution is 2.19. The van der Waals surface area contributed by atoms with Gasteiger partial charge >= 0.3 is 0 Å². The summed E-state index contributed by atoms with van der Waals surface area (Å²) in [4.78, 5) is 3.20. The number of H-pyrrole nitrogens is 1. The van der Waals surface area contributed by atoms with Crippen molar-refractivity contribution in [3.63, 3.8) is 0 Å². The smallest absolute Gasteiger partial charge is 0.263 e. The number of aryl methyl sites for hydroxylation is 2. The molecule has 0 radical (unpaired) electrons. The van der Waals surface area contributed by atoms with Gasteiger partial charge in [0.15, 0.2) is 0 Å². The first-order valence-electron chi connectivity index (χ1n) is 6.83. The first-order chi connectivity index (χ1) is 9.92. The zero-order chi connectivity index (χ0) is 15.5. The Bertz CT molecular complexity index is 702. The molecule has 3 N–H and O–H groups in total. The third-order valence-corrected chi connectivity index (χ3v) is 4.37. The molecule has 0 unspecified atom stereocenters. The maximum Gasteiger partial charge on any atom is 0.263 e. The molecule has 0 amide bonds. The average Bonchev–Trinajstić information content (AvgIpc) is 2.98. The van der Waals surface area contributed by atoms with Gasteiger partial charge < -0.3 is 10.3 Å². The molecule has 2 aromatic heterocycles. The van der Waals surface area contributed by atoms with E-state index in [4.69, 9.17) is 0 Å². The lowest BCUT2D eigenvalue weighted by Gasteiger charge is -2.04. The van der Waals surface area contributed by atoms with Crippen molar-refractivity contribution < 1.29 is 8.42 Å². The van der Waals surface area contributed by atoms with Gasteiger partial charge in [-0.15, -0.1) is 0 Å². The Labute approximate surface area is 124 Å². The molecule has 0 fully saturated rings. The average molecular weight is 311 g/mol. The van der Waals surface area contributed by atoms with Crippen LogP contribution >= 0.6 is 0 Å². The first kappa shape index (κ1) is 15.6. The van der Waals surface area contributed by atoms with Gasteiger partial charge in [0, 0.05) is 31.7 Å². The van der Waals surface area contributed by atoms with Crippen LogP contribution in [0.2, 0.25) is 0 Å². The van der Waals surface area contributed by atoms with Gasteiger partial charge in [-0.3, -0.25) is 9.40 Å². The van der Waals surface area contributed by atoms with Crippen molar-refractivity contribution >= 4 is 15.7 Å². The predicted molar refractivity (Wildman–Crippen MR) is 81.5 cm³/mol. The Kier molecular flexibility index (Phi) is 4.69. The molecule has 0 saturated heterocycles. The van der Waals surface area contributed by atoms with Crippen LogP contribution in [0.25, 0.3) is 0 Å². The number of sulfonamides is 1. The van der Waals surface area contributed by atoms with E-state index in [2.05, 4.69) is 27.0 Å². The predicted octanol–water partition coefficient (Wildman–Crippen LogP) is 1.36. The lowest BCUT2D eigenvalue weighted by atomic mass is 10.4. The van der Waals surface area contributed by atoms with Gasteiger partial charge in [-0.1, -0.05) is 6.92 Å². The summed E-state index contributed by atoms with van der Waals surface area (Å²) >= 11 is 0. The molecule has 0 spiro atoms. The molecular weight excluding hydrogens is 290 g/mol. The Balaban J connectivity index is 2.11. The van der Waals surface area contributed by atoms with Crippen molar-refractivity contribution in [2.45, 2.75) is 31.7 Å². The number of nitrogens with one attached hydrogen (secondary N) is 3. The van der Waals surface area contributed by atoms with Gasteiger partial charge in [0.2, 0.25) is 0 Å². The molecule has 0 aliphatic carbocycles. The van der Waals surface area contributed by atoms with Crippen molar-refractivity contribution in [3.05, 3.63) is 29.8 Å². The van der Waals surface area contributed by atoms with Crippen molar-refractivity contribution in [1.29, 1.82) is 0 Å². The molecule has 0 aromatic carbocycles. The maximum absolute atomic E-state index is 12.3. The summed E-state index contributed by atoms with van der Waals surface area (Å²) in [6.07, 6.45) is 4.17. The number of anilines is 1. The second kappa shape index (κ2) is 6.31. The molecule has 0 aliphatic rings. The summed E-state index contributed by atoms with van der Waals surface area (Å²) in [7, 11) is -1.85. The monoisotopic (exact) mass is 311 g/mol. The fraction of sp³-hybridized carbons (Fsp3) is 0.462. The van der Waals surface area contributed by atoms with Gasteiger partial charge in [-0.25, -0.2) is 8.42 Å². The number of hydrogen-bond donors (Lipinski definition) is 3. The molecule has 2 heterocycles. The summed E-state index contributed by atoms with van der Waals surface area (Å²) in [6.45, 7) is 5.36. The third-order valence-electron chi connectivity index (χ3n) is 3.03. The zero-order valence-electron chi connectivity index (χ0n) is 12.5. The van der Waals surface area contributed by atoms with Gasteiger partial charge in [-0.05, 0) is 26.0 Å². The second-order valence-corrected chi connectivity index (χ2v) is 6.63. The van der Waals surface area contributed by atoms with Gasteiger partial charge in [0.25, 0.3) is 10.0 Å². The molecular formula is C13H21N5O2S. The molecule has 116 valence electrons.